The third kappa shape index (κ3) is 2.57. The third-order valence-corrected chi connectivity index (χ3v) is 2.47. The molecule has 0 aliphatic carbocycles. The van der Waals surface area contributed by atoms with Crippen LogP contribution >= 0.6 is 0 Å². The Hall–Kier alpha value is -1.82. The fourth-order valence-corrected chi connectivity index (χ4v) is 1.60. The fourth-order valence-electron chi connectivity index (χ4n) is 1.60. The van der Waals surface area contributed by atoms with Gasteiger partial charge in [0, 0.05) is 0 Å². The lowest BCUT2D eigenvalue weighted by Crippen LogP contribution is -1.87. The molecule has 0 fully saturated rings. The van der Waals surface area contributed by atoms with Crippen molar-refractivity contribution in [3.63, 3.8) is 0 Å². The zero-order valence-corrected chi connectivity index (χ0v) is 8.69. The summed E-state index contributed by atoms with van der Waals surface area (Å²) in [7, 11) is 0. The quantitative estimate of drug-likeness (QED) is 0.694. The van der Waals surface area contributed by atoms with Gasteiger partial charge in [-0.2, -0.15) is 0 Å². The van der Waals surface area contributed by atoms with E-state index in [1.165, 1.54) is 16.7 Å². The Labute approximate surface area is 90.9 Å². The third-order valence-electron chi connectivity index (χ3n) is 2.47. The molecule has 15 heavy (non-hydrogen) atoms. The molecule has 74 valence electrons. The molecule has 0 radical (unpaired) electrons. The van der Waals surface area contributed by atoms with Crippen LogP contribution in [-0.4, -0.2) is 0 Å². The highest BCUT2D eigenvalue weighted by atomic mass is 14.0. The standard InChI is InChI=1S/C15H14/c1-2-13-8-10-15(11-9-13)12-14-6-4-3-5-7-14/h2-11H,1,12H2. The van der Waals surface area contributed by atoms with Crippen LogP contribution in [-0.2, 0) is 6.42 Å². The first-order chi connectivity index (χ1) is 7.38. The summed E-state index contributed by atoms with van der Waals surface area (Å²) in [6, 6.07) is 19.0. The van der Waals surface area contributed by atoms with E-state index in [0.29, 0.717) is 0 Å². The highest BCUT2D eigenvalue weighted by Crippen LogP contribution is 2.10. The maximum absolute atomic E-state index is 3.74. The molecule has 2 aromatic carbocycles. The lowest BCUT2D eigenvalue weighted by molar-refractivity contribution is 1.19. The van der Waals surface area contributed by atoms with Crippen LogP contribution < -0.4 is 0 Å². The van der Waals surface area contributed by atoms with E-state index in [1.807, 2.05) is 12.1 Å². The smallest absolute Gasteiger partial charge is 0.00258 e. The summed E-state index contributed by atoms with van der Waals surface area (Å²) in [5.74, 6) is 0. The van der Waals surface area contributed by atoms with Gasteiger partial charge < -0.3 is 0 Å². The Balaban J connectivity index is 2.15. The monoisotopic (exact) mass is 194 g/mol. The zero-order valence-electron chi connectivity index (χ0n) is 8.69. The lowest BCUT2D eigenvalue weighted by atomic mass is 10.0. The topological polar surface area (TPSA) is 0 Å². The van der Waals surface area contributed by atoms with Crippen molar-refractivity contribution in [1.29, 1.82) is 0 Å². The van der Waals surface area contributed by atoms with Crippen molar-refractivity contribution < 1.29 is 0 Å². The average molecular weight is 194 g/mol. The molecule has 2 aromatic rings. The molecule has 0 amide bonds. The summed E-state index contributed by atoms with van der Waals surface area (Å²) in [4.78, 5) is 0. The van der Waals surface area contributed by atoms with E-state index in [0.717, 1.165) is 6.42 Å². The summed E-state index contributed by atoms with van der Waals surface area (Å²) < 4.78 is 0. The zero-order chi connectivity index (χ0) is 10.5. The lowest BCUT2D eigenvalue weighted by Gasteiger charge is -2.02. The first kappa shape index (κ1) is 9.72. The first-order valence-electron chi connectivity index (χ1n) is 5.14. The Morgan fingerprint density at radius 3 is 2.00 bits per heavy atom. The molecule has 0 N–H and O–H groups in total. The second kappa shape index (κ2) is 4.61. The molecule has 0 atom stereocenters. The maximum atomic E-state index is 3.74. The van der Waals surface area contributed by atoms with Gasteiger partial charge in [0.1, 0.15) is 0 Å². The van der Waals surface area contributed by atoms with E-state index in [-0.39, 0.29) is 0 Å². The van der Waals surface area contributed by atoms with Crippen molar-refractivity contribution in [2.45, 2.75) is 6.42 Å². The van der Waals surface area contributed by atoms with Gasteiger partial charge in [-0.05, 0) is 23.1 Å². The van der Waals surface area contributed by atoms with E-state index in [2.05, 4.69) is 55.1 Å². The first-order valence-corrected chi connectivity index (χ1v) is 5.14. The van der Waals surface area contributed by atoms with Crippen LogP contribution in [0.3, 0.4) is 0 Å². The van der Waals surface area contributed by atoms with Crippen molar-refractivity contribution in [2.75, 3.05) is 0 Å². The average Bonchev–Trinajstić information content (AvgIpc) is 2.31. The molecular weight excluding hydrogens is 180 g/mol. The van der Waals surface area contributed by atoms with Gasteiger partial charge in [-0.3, -0.25) is 0 Å². The highest BCUT2D eigenvalue weighted by Gasteiger charge is 1.94. The molecule has 0 saturated carbocycles. The minimum absolute atomic E-state index is 0.998. The van der Waals surface area contributed by atoms with E-state index >= 15 is 0 Å². The molecule has 0 spiro atoms. The van der Waals surface area contributed by atoms with Gasteiger partial charge in [0.05, 0.1) is 0 Å². The van der Waals surface area contributed by atoms with E-state index in [4.69, 9.17) is 0 Å². The number of rotatable bonds is 3. The summed E-state index contributed by atoms with van der Waals surface area (Å²) in [5, 5.41) is 0. The van der Waals surface area contributed by atoms with Crippen LogP contribution in [0.25, 0.3) is 6.08 Å². The van der Waals surface area contributed by atoms with Gasteiger partial charge >= 0.3 is 0 Å². The highest BCUT2D eigenvalue weighted by molar-refractivity contribution is 5.47. The molecule has 0 saturated heterocycles. The van der Waals surface area contributed by atoms with Crippen molar-refractivity contribution in [3.8, 4) is 0 Å². The van der Waals surface area contributed by atoms with Gasteiger partial charge in [0.15, 0.2) is 0 Å². The van der Waals surface area contributed by atoms with Crippen molar-refractivity contribution in [3.05, 3.63) is 77.9 Å². The second-order valence-electron chi connectivity index (χ2n) is 3.61. The van der Waals surface area contributed by atoms with Crippen LogP contribution in [0.15, 0.2) is 61.2 Å². The predicted octanol–water partition coefficient (Wildman–Crippen LogP) is 3.92. The molecule has 0 unspecified atom stereocenters. The Kier molecular flexibility index (Phi) is 2.99. The molecule has 0 aliphatic heterocycles. The maximum Gasteiger partial charge on any atom is -0.00258 e. The number of benzene rings is 2. The van der Waals surface area contributed by atoms with Crippen molar-refractivity contribution >= 4 is 6.08 Å². The van der Waals surface area contributed by atoms with Crippen LogP contribution in [0.2, 0.25) is 0 Å². The molecule has 0 bridgehead atoms. The summed E-state index contributed by atoms with van der Waals surface area (Å²) >= 11 is 0. The van der Waals surface area contributed by atoms with E-state index < -0.39 is 0 Å². The van der Waals surface area contributed by atoms with Crippen LogP contribution in [0.4, 0.5) is 0 Å². The Morgan fingerprint density at radius 2 is 1.40 bits per heavy atom. The van der Waals surface area contributed by atoms with Gasteiger partial charge in [0.2, 0.25) is 0 Å². The van der Waals surface area contributed by atoms with Crippen molar-refractivity contribution in [2.24, 2.45) is 0 Å². The summed E-state index contributed by atoms with van der Waals surface area (Å²) in [6.45, 7) is 3.74. The SMILES string of the molecule is C=Cc1ccc(Cc2ccccc2)cc1. The summed E-state index contributed by atoms with van der Waals surface area (Å²) in [6.07, 6.45) is 2.87. The van der Waals surface area contributed by atoms with E-state index in [9.17, 15) is 0 Å². The Bertz CT molecular complexity index is 423. The predicted molar refractivity (Wildman–Crippen MR) is 65.8 cm³/mol. The minimum atomic E-state index is 0.998. The normalized spacial score (nSPS) is 9.87. The number of hydrogen-bond acceptors (Lipinski definition) is 0. The van der Waals surface area contributed by atoms with Gasteiger partial charge in [-0.1, -0.05) is 67.3 Å². The molecule has 0 heteroatoms. The van der Waals surface area contributed by atoms with Crippen molar-refractivity contribution in [1.82, 2.24) is 0 Å². The fraction of sp³-hybridized carbons (Fsp3) is 0.0667. The number of hydrogen-bond donors (Lipinski definition) is 0. The van der Waals surface area contributed by atoms with Crippen LogP contribution in [0, 0.1) is 0 Å². The molecule has 2 rings (SSSR count). The van der Waals surface area contributed by atoms with Crippen LogP contribution in [0.5, 0.6) is 0 Å². The minimum Gasteiger partial charge on any atom is -0.0985 e. The molecule has 0 nitrogen and oxygen atoms in total. The van der Waals surface area contributed by atoms with Gasteiger partial charge in [-0.15, -0.1) is 0 Å². The molecule has 0 heterocycles. The summed E-state index contributed by atoms with van der Waals surface area (Å²) in [5.41, 5.74) is 3.86. The molecular formula is C15H14. The second-order valence-corrected chi connectivity index (χ2v) is 3.61. The molecule has 0 aliphatic rings. The van der Waals surface area contributed by atoms with Gasteiger partial charge in [-0.25, -0.2) is 0 Å². The van der Waals surface area contributed by atoms with Crippen LogP contribution in [0.1, 0.15) is 16.7 Å². The largest absolute Gasteiger partial charge is 0.0985 e. The van der Waals surface area contributed by atoms with Gasteiger partial charge in [0.25, 0.3) is 0 Å². The van der Waals surface area contributed by atoms with E-state index in [1.54, 1.807) is 0 Å². The Morgan fingerprint density at radius 1 is 0.800 bits per heavy atom. The molecule has 0 aromatic heterocycles.